The highest BCUT2D eigenvalue weighted by atomic mass is 19.1. The first kappa shape index (κ1) is 19.6. The number of ether oxygens (including phenoxy) is 1. The molecule has 0 amide bonds. The second kappa shape index (κ2) is 8.32. The second-order valence-electron chi connectivity index (χ2n) is 7.13. The lowest BCUT2D eigenvalue weighted by Gasteiger charge is -2.11. The maximum Gasteiger partial charge on any atom is 0.309 e. The molecule has 0 saturated heterocycles. The maximum absolute atomic E-state index is 14.8. The van der Waals surface area contributed by atoms with Crippen molar-refractivity contribution in [3.8, 4) is 0 Å². The molecule has 30 heavy (non-hydrogen) atoms. The van der Waals surface area contributed by atoms with Crippen LogP contribution < -0.4 is 10.6 Å². The molecular weight excluding hydrogens is 383 g/mol. The van der Waals surface area contributed by atoms with Gasteiger partial charge in [0.25, 0.3) is 0 Å². The molecule has 0 atom stereocenters. The molecule has 1 aromatic heterocycles. The molecule has 0 saturated carbocycles. The van der Waals surface area contributed by atoms with Gasteiger partial charge in [0, 0.05) is 17.4 Å². The summed E-state index contributed by atoms with van der Waals surface area (Å²) >= 11 is 0. The number of carbonyl (C=O) groups excluding carboxylic acids is 1. The third-order valence-corrected chi connectivity index (χ3v) is 4.83. The van der Waals surface area contributed by atoms with Gasteiger partial charge in [-0.25, -0.2) is 9.37 Å². The Kier molecular flexibility index (Phi) is 5.43. The lowest BCUT2D eigenvalue weighted by molar-refractivity contribution is -0.139. The highest BCUT2D eigenvalue weighted by molar-refractivity contribution is 5.73. The summed E-state index contributed by atoms with van der Waals surface area (Å²) in [5.41, 5.74) is 4.77. The number of carbonyl (C=O) groups is 1. The molecule has 0 fully saturated rings. The third-order valence-electron chi connectivity index (χ3n) is 4.83. The van der Waals surface area contributed by atoms with Crippen LogP contribution in [0.4, 0.5) is 27.5 Å². The van der Waals surface area contributed by atoms with Gasteiger partial charge in [-0.3, -0.25) is 4.79 Å². The van der Waals surface area contributed by atoms with Crippen LogP contribution in [0.2, 0.25) is 0 Å². The number of halogens is 1. The molecule has 0 spiro atoms. The molecule has 0 aliphatic heterocycles. The Balaban J connectivity index is 1.47. The van der Waals surface area contributed by atoms with E-state index in [9.17, 15) is 9.18 Å². The predicted molar refractivity (Wildman–Crippen MR) is 115 cm³/mol. The molecule has 0 bridgehead atoms. The minimum atomic E-state index is -0.290. The van der Waals surface area contributed by atoms with Gasteiger partial charge in [-0.2, -0.15) is 4.98 Å². The number of nitrogens with zero attached hydrogens (tertiary/aromatic N) is 2. The van der Waals surface area contributed by atoms with Crippen LogP contribution in [-0.2, 0) is 22.4 Å². The van der Waals surface area contributed by atoms with Crippen LogP contribution in [0.5, 0.6) is 0 Å². The monoisotopic (exact) mass is 404 g/mol. The van der Waals surface area contributed by atoms with E-state index >= 15 is 0 Å². The van der Waals surface area contributed by atoms with Gasteiger partial charge in [-0.05, 0) is 48.7 Å². The second-order valence-corrected chi connectivity index (χ2v) is 7.13. The van der Waals surface area contributed by atoms with Crippen LogP contribution in [0.3, 0.4) is 0 Å². The van der Waals surface area contributed by atoms with Crippen LogP contribution in [0, 0.1) is 5.82 Å². The standard InChI is InChI=1S/C23H21FN4O2/c1-14-11-16-5-8-19(22(24)18(16)12-14)27-20-9-10-25-23(28-20)26-17-6-3-15(4-7-17)13-21(29)30-2/h3-10,12H,11,13H2,1-2H3,(H2,25,26,27,28). The van der Waals surface area contributed by atoms with Crippen molar-refractivity contribution >= 4 is 35.2 Å². The fourth-order valence-electron chi connectivity index (χ4n) is 3.34. The van der Waals surface area contributed by atoms with Gasteiger partial charge < -0.3 is 15.4 Å². The van der Waals surface area contributed by atoms with E-state index in [4.69, 9.17) is 0 Å². The van der Waals surface area contributed by atoms with Crippen molar-refractivity contribution in [2.24, 2.45) is 0 Å². The van der Waals surface area contributed by atoms with Crippen LogP contribution >= 0.6 is 0 Å². The number of benzene rings is 2. The Morgan fingerprint density at radius 1 is 1.13 bits per heavy atom. The quantitative estimate of drug-likeness (QED) is 0.576. The highest BCUT2D eigenvalue weighted by Gasteiger charge is 2.17. The molecule has 1 heterocycles. The first-order valence-corrected chi connectivity index (χ1v) is 9.53. The molecule has 4 rings (SSSR count). The van der Waals surface area contributed by atoms with Gasteiger partial charge in [0.15, 0.2) is 5.82 Å². The summed E-state index contributed by atoms with van der Waals surface area (Å²) < 4.78 is 19.5. The van der Waals surface area contributed by atoms with Crippen molar-refractivity contribution < 1.29 is 13.9 Å². The molecule has 0 unspecified atom stereocenters. The SMILES string of the molecule is COC(=O)Cc1ccc(Nc2nccc(Nc3ccc4c(c3F)C=C(C)C4)n2)cc1. The first-order valence-electron chi connectivity index (χ1n) is 9.53. The minimum Gasteiger partial charge on any atom is -0.469 e. The van der Waals surface area contributed by atoms with Gasteiger partial charge in [-0.15, -0.1) is 0 Å². The number of esters is 1. The zero-order valence-electron chi connectivity index (χ0n) is 16.7. The Bertz CT molecular complexity index is 1130. The third kappa shape index (κ3) is 4.30. The largest absolute Gasteiger partial charge is 0.469 e. The highest BCUT2D eigenvalue weighted by Crippen LogP contribution is 2.32. The van der Waals surface area contributed by atoms with Crippen molar-refractivity contribution in [2.45, 2.75) is 19.8 Å². The normalized spacial score (nSPS) is 12.2. The molecule has 7 heteroatoms. The van der Waals surface area contributed by atoms with E-state index in [-0.39, 0.29) is 18.2 Å². The number of nitrogens with one attached hydrogen (secondary N) is 2. The molecular formula is C23H21FN4O2. The van der Waals surface area contributed by atoms with E-state index in [1.165, 1.54) is 7.11 Å². The number of rotatable bonds is 6. The predicted octanol–water partition coefficient (Wildman–Crippen LogP) is 4.78. The summed E-state index contributed by atoms with van der Waals surface area (Å²) in [5, 5.41) is 6.14. The summed E-state index contributed by atoms with van der Waals surface area (Å²) in [5.74, 6) is 0.284. The van der Waals surface area contributed by atoms with E-state index in [0.29, 0.717) is 23.0 Å². The van der Waals surface area contributed by atoms with Crippen molar-refractivity contribution in [2.75, 3.05) is 17.7 Å². The van der Waals surface area contributed by atoms with Crippen LogP contribution in [-0.4, -0.2) is 23.0 Å². The van der Waals surface area contributed by atoms with E-state index in [2.05, 4.69) is 25.3 Å². The lowest BCUT2D eigenvalue weighted by Crippen LogP contribution is -2.04. The number of hydrogen-bond acceptors (Lipinski definition) is 6. The van der Waals surface area contributed by atoms with E-state index in [1.54, 1.807) is 18.3 Å². The number of anilines is 4. The molecule has 2 N–H and O–H groups in total. The molecule has 1 aliphatic rings. The molecule has 0 radical (unpaired) electrons. The molecule has 3 aromatic rings. The van der Waals surface area contributed by atoms with Crippen molar-refractivity contribution in [3.05, 3.63) is 76.7 Å². The smallest absolute Gasteiger partial charge is 0.309 e. The number of aromatic nitrogens is 2. The Morgan fingerprint density at radius 2 is 1.93 bits per heavy atom. The molecule has 1 aliphatic carbocycles. The average Bonchev–Trinajstić information content (AvgIpc) is 3.13. The fourth-order valence-corrected chi connectivity index (χ4v) is 3.34. The van der Waals surface area contributed by atoms with Gasteiger partial charge in [0.2, 0.25) is 5.95 Å². The fraction of sp³-hybridized carbons (Fsp3) is 0.174. The summed E-state index contributed by atoms with van der Waals surface area (Å²) in [6, 6.07) is 12.7. The Morgan fingerprint density at radius 3 is 2.70 bits per heavy atom. The van der Waals surface area contributed by atoms with Crippen molar-refractivity contribution in [1.29, 1.82) is 0 Å². The van der Waals surface area contributed by atoms with E-state index in [0.717, 1.165) is 28.8 Å². The molecule has 2 aromatic carbocycles. The molecule has 152 valence electrons. The zero-order valence-corrected chi connectivity index (χ0v) is 16.7. The van der Waals surface area contributed by atoms with Gasteiger partial charge in [0.1, 0.15) is 5.82 Å². The van der Waals surface area contributed by atoms with Crippen molar-refractivity contribution in [3.63, 3.8) is 0 Å². The summed E-state index contributed by atoms with van der Waals surface area (Å²) in [6.07, 6.45) is 4.48. The number of methoxy groups -OCH3 is 1. The van der Waals surface area contributed by atoms with Gasteiger partial charge >= 0.3 is 5.97 Å². The van der Waals surface area contributed by atoms with Crippen LogP contribution in [0.15, 0.2) is 54.2 Å². The minimum absolute atomic E-state index is 0.216. The summed E-state index contributed by atoms with van der Waals surface area (Å²) in [6.45, 7) is 2.00. The number of fused-ring (bicyclic) bond motifs is 1. The Labute approximate surface area is 173 Å². The maximum atomic E-state index is 14.8. The molecule has 6 nitrogen and oxygen atoms in total. The topological polar surface area (TPSA) is 76.1 Å². The van der Waals surface area contributed by atoms with Gasteiger partial charge in [0.05, 0.1) is 19.2 Å². The average molecular weight is 404 g/mol. The van der Waals surface area contributed by atoms with Crippen LogP contribution in [0.1, 0.15) is 23.6 Å². The van der Waals surface area contributed by atoms with Crippen LogP contribution in [0.25, 0.3) is 6.08 Å². The zero-order chi connectivity index (χ0) is 21.1. The lowest BCUT2D eigenvalue weighted by atomic mass is 10.1. The summed E-state index contributed by atoms with van der Waals surface area (Å²) in [4.78, 5) is 20.0. The van der Waals surface area contributed by atoms with E-state index in [1.807, 2.05) is 43.3 Å². The van der Waals surface area contributed by atoms with E-state index < -0.39 is 0 Å². The van der Waals surface area contributed by atoms with Gasteiger partial charge in [-0.1, -0.05) is 29.8 Å². The van der Waals surface area contributed by atoms with Crippen molar-refractivity contribution in [1.82, 2.24) is 9.97 Å². The number of allylic oxidation sites excluding steroid dienone is 1. The summed E-state index contributed by atoms with van der Waals surface area (Å²) in [7, 11) is 1.36. The Hall–Kier alpha value is -3.74. The first-order chi connectivity index (χ1) is 14.5. The number of hydrogen-bond donors (Lipinski definition) is 2.